The second-order valence-corrected chi connectivity index (χ2v) is 7.58. The molecule has 0 saturated heterocycles. The number of carbonyl (C=O) groups is 1. The molecule has 5 rings (SSSR count). The molecule has 0 N–H and O–H groups in total. The average molecular weight is 358 g/mol. The van der Waals surface area contributed by atoms with E-state index in [1.54, 1.807) is 6.33 Å². The summed E-state index contributed by atoms with van der Waals surface area (Å²) in [6.45, 7) is 2.08. The molecular weight excluding hydrogens is 336 g/mol. The van der Waals surface area contributed by atoms with Gasteiger partial charge in [-0.05, 0) is 37.3 Å². The van der Waals surface area contributed by atoms with E-state index >= 15 is 0 Å². The van der Waals surface area contributed by atoms with Gasteiger partial charge < -0.3 is 0 Å². The highest BCUT2D eigenvalue weighted by Gasteiger charge is 2.44. The van der Waals surface area contributed by atoms with Crippen LogP contribution in [0.3, 0.4) is 0 Å². The lowest BCUT2D eigenvalue weighted by atomic mass is 9.91. The number of fused-ring (bicyclic) bond motifs is 1. The number of anilines is 1. The molecule has 0 spiro atoms. The molecule has 0 unspecified atom stereocenters. The van der Waals surface area contributed by atoms with Gasteiger partial charge in [0.2, 0.25) is 11.9 Å². The third-order valence-corrected chi connectivity index (χ3v) is 5.63. The molecule has 1 amide bonds. The second kappa shape index (κ2) is 6.34. The molecule has 1 aliphatic carbocycles. The maximum absolute atomic E-state index is 13.2. The van der Waals surface area contributed by atoms with Crippen LogP contribution >= 0.6 is 0 Å². The highest BCUT2D eigenvalue weighted by Crippen LogP contribution is 2.44. The van der Waals surface area contributed by atoms with Crippen molar-refractivity contribution in [2.45, 2.75) is 38.3 Å². The summed E-state index contributed by atoms with van der Waals surface area (Å²) in [7, 11) is 0. The van der Waals surface area contributed by atoms with Gasteiger partial charge in [-0.1, -0.05) is 60.2 Å². The number of hydrogen-bond acceptors (Lipinski definition) is 3. The number of rotatable bonds is 3. The minimum absolute atomic E-state index is 0.0272. The first-order chi connectivity index (χ1) is 13.2. The molecule has 1 aliphatic heterocycles. The van der Waals surface area contributed by atoms with Crippen LogP contribution in [0.2, 0.25) is 0 Å². The van der Waals surface area contributed by atoms with Gasteiger partial charge in [-0.15, -0.1) is 0 Å². The lowest BCUT2D eigenvalue weighted by Gasteiger charge is -2.39. The van der Waals surface area contributed by atoms with Crippen molar-refractivity contribution in [3.8, 4) is 0 Å². The van der Waals surface area contributed by atoms with Crippen molar-refractivity contribution in [3.05, 3.63) is 77.6 Å². The molecule has 1 fully saturated rings. The Morgan fingerprint density at radius 2 is 1.67 bits per heavy atom. The van der Waals surface area contributed by atoms with E-state index in [1.807, 2.05) is 15.6 Å². The van der Waals surface area contributed by atoms with Crippen LogP contribution in [-0.4, -0.2) is 20.7 Å². The summed E-state index contributed by atoms with van der Waals surface area (Å²) < 4.78 is 1.92. The van der Waals surface area contributed by atoms with E-state index in [2.05, 4.69) is 65.5 Å². The molecule has 2 heterocycles. The van der Waals surface area contributed by atoms with Crippen LogP contribution < -0.4 is 4.90 Å². The molecule has 2 aliphatic rings. The zero-order chi connectivity index (χ0) is 18.4. The smallest absolute Gasteiger partial charge is 0.233 e. The summed E-state index contributed by atoms with van der Waals surface area (Å²) in [6.07, 6.45) is 4.32. The normalized spacial score (nSPS) is 21.7. The van der Waals surface area contributed by atoms with Crippen molar-refractivity contribution in [1.29, 1.82) is 0 Å². The topological polar surface area (TPSA) is 51.0 Å². The number of aromatic nitrogens is 3. The van der Waals surface area contributed by atoms with Gasteiger partial charge in [0.1, 0.15) is 6.33 Å². The van der Waals surface area contributed by atoms with E-state index in [9.17, 15) is 4.79 Å². The van der Waals surface area contributed by atoms with E-state index in [1.165, 1.54) is 11.1 Å². The van der Waals surface area contributed by atoms with Gasteiger partial charge in [0.25, 0.3) is 0 Å². The second-order valence-electron chi connectivity index (χ2n) is 7.58. The minimum atomic E-state index is -0.0272. The molecule has 2 atom stereocenters. The molecule has 27 heavy (non-hydrogen) atoms. The minimum Gasteiger partial charge on any atom is -0.274 e. The van der Waals surface area contributed by atoms with Crippen LogP contribution in [0.4, 0.5) is 5.95 Å². The van der Waals surface area contributed by atoms with Crippen molar-refractivity contribution in [3.63, 3.8) is 0 Å². The number of amides is 1. The highest BCUT2D eigenvalue weighted by molar-refractivity contribution is 5.96. The van der Waals surface area contributed by atoms with Crippen LogP contribution in [0.15, 0.2) is 60.9 Å². The first-order valence-corrected chi connectivity index (χ1v) is 9.56. The summed E-state index contributed by atoms with van der Waals surface area (Å²) in [4.78, 5) is 19.6. The van der Waals surface area contributed by atoms with Crippen LogP contribution in [0.1, 0.15) is 48.0 Å². The Kier molecular flexibility index (Phi) is 3.81. The molecule has 136 valence electrons. The lowest BCUT2D eigenvalue weighted by Crippen LogP contribution is -2.43. The van der Waals surface area contributed by atoms with Crippen LogP contribution in [-0.2, 0) is 4.79 Å². The van der Waals surface area contributed by atoms with Gasteiger partial charge in [0.05, 0.1) is 12.1 Å². The van der Waals surface area contributed by atoms with Crippen molar-refractivity contribution >= 4 is 11.9 Å². The maximum Gasteiger partial charge on any atom is 0.233 e. The number of benzene rings is 2. The molecule has 5 nitrogen and oxygen atoms in total. The number of nitrogens with zero attached hydrogens (tertiary/aromatic N) is 4. The molecule has 1 aromatic heterocycles. The fourth-order valence-corrected chi connectivity index (χ4v) is 4.00. The van der Waals surface area contributed by atoms with Gasteiger partial charge in [-0.2, -0.15) is 10.1 Å². The van der Waals surface area contributed by atoms with Crippen molar-refractivity contribution in [2.24, 2.45) is 5.92 Å². The maximum atomic E-state index is 13.2. The predicted molar refractivity (Wildman–Crippen MR) is 103 cm³/mol. The third-order valence-electron chi connectivity index (χ3n) is 5.63. The predicted octanol–water partition coefficient (Wildman–Crippen LogP) is 4.06. The summed E-state index contributed by atoms with van der Waals surface area (Å²) in [5.41, 5.74) is 3.57. The zero-order valence-corrected chi connectivity index (χ0v) is 15.3. The molecule has 5 heteroatoms. The van der Waals surface area contributed by atoms with E-state index in [-0.39, 0.29) is 23.9 Å². The number of aryl methyl sites for hydroxylation is 1. The van der Waals surface area contributed by atoms with Gasteiger partial charge in [-0.3, -0.25) is 9.69 Å². The number of carbonyl (C=O) groups excluding carboxylic acids is 1. The van der Waals surface area contributed by atoms with E-state index < -0.39 is 0 Å². The monoisotopic (exact) mass is 358 g/mol. The Morgan fingerprint density at radius 1 is 0.963 bits per heavy atom. The SMILES string of the molecule is Cc1ccc([C@@H]2C[C@@H](c3ccccc3)n3ncnc3N2C(=O)C2CC2)cc1. The third kappa shape index (κ3) is 2.83. The zero-order valence-electron chi connectivity index (χ0n) is 15.3. The molecule has 1 saturated carbocycles. The molecule has 3 aromatic rings. The average Bonchev–Trinajstić information content (AvgIpc) is 3.44. The fourth-order valence-electron chi connectivity index (χ4n) is 4.00. The quantitative estimate of drug-likeness (QED) is 0.709. The Labute approximate surface area is 158 Å². The Hall–Kier alpha value is -2.95. The largest absolute Gasteiger partial charge is 0.274 e. The first kappa shape index (κ1) is 16.2. The number of hydrogen-bond donors (Lipinski definition) is 0. The van der Waals surface area contributed by atoms with E-state index in [0.29, 0.717) is 5.95 Å². The molecular formula is C22H22N4O. The fraction of sp³-hybridized carbons (Fsp3) is 0.318. The van der Waals surface area contributed by atoms with Crippen LogP contribution in [0, 0.1) is 12.8 Å². The summed E-state index contributed by atoms with van der Waals surface area (Å²) in [5, 5.41) is 4.48. The van der Waals surface area contributed by atoms with E-state index in [0.717, 1.165) is 24.8 Å². The lowest BCUT2D eigenvalue weighted by molar-refractivity contribution is -0.120. The van der Waals surface area contributed by atoms with Gasteiger partial charge in [0, 0.05) is 5.92 Å². The van der Waals surface area contributed by atoms with Gasteiger partial charge in [0.15, 0.2) is 0 Å². The van der Waals surface area contributed by atoms with Crippen molar-refractivity contribution < 1.29 is 4.79 Å². The molecule has 2 aromatic carbocycles. The van der Waals surface area contributed by atoms with Crippen molar-refractivity contribution in [2.75, 3.05) is 4.90 Å². The Morgan fingerprint density at radius 3 is 2.37 bits per heavy atom. The standard InChI is InChI=1S/C22H22N4O/c1-15-7-9-17(10-8-15)19-13-20(16-5-3-2-4-6-16)26-22(23-14-24-26)25(19)21(27)18-11-12-18/h2-10,14,18-20H,11-13H2,1H3/t19-,20-/m0/s1. The van der Waals surface area contributed by atoms with E-state index in [4.69, 9.17) is 0 Å². The first-order valence-electron chi connectivity index (χ1n) is 9.56. The Bertz CT molecular complexity index is 959. The molecule has 0 radical (unpaired) electrons. The summed E-state index contributed by atoms with van der Waals surface area (Å²) in [5.74, 6) is 0.982. The Balaban J connectivity index is 1.63. The highest BCUT2D eigenvalue weighted by atomic mass is 16.2. The molecule has 0 bridgehead atoms. The summed E-state index contributed by atoms with van der Waals surface area (Å²) in [6, 6.07) is 18.9. The van der Waals surface area contributed by atoms with Crippen molar-refractivity contribution in [1.82, 2.24) is 14.8 Å². The van der Waals surface area contributed by atoms with Crippen LogP contribution in [0.25, 0.3) is 0 Å². The van der Waals surface area contributed by atoms with Gasteiger partial charge >= 0.3 is 0 Å². The van der Waals surface area contributed by atoms with Crippen LogP contribution in [0.5, 0.6) is 0 Å². The summed E-state index contributed by atoms with van der Waals surface area (Å²) >= 11 is 0. The van der Waals surface area contributed by atoms with Gasteiger partial charge in [-0.25, -0.2) is 4.68 Å².